The zero-order valence-corrected chi connectivity index (χ0v) is 15.7. The summed E-state index contributed by atoms with van der Waals surface area (Å²) >= 11 is 1.42. The number of hydrogen-bond acceptors (Lipinski definition) is 7. The molecule has 28 heavy (non-hydrogen) atoms. The molecule has 7 nitrogen and oxygen atoms in total. The van der Waals surface area contributed by atoms with E-state index >= 15 is 0 Å². The van der Waals surface area contributed by atoms with E-state index in [1.54, 1.807) is 24.3 Å². The third kappa shape index (κ3) is 3.77. The highest BCUT2D eigenvalue weighted by Gasteiger charge is 2.16. The Balaban J connectivity index is 1.45. The van der Waals surface area contributed by atoms with Crippen LogP contribution in [0.2, 0.25) is 0 Å². The molecule has 0 aliphatic carbocycles. The zero-order chi connectivity index (χ0) is 19.5. The first kappa shape index (κ1) is 17.9. The fourth-order valence-corrected chi connectivity index (χ4v) is 3.38. The number of nitrogens with zero attached hydrogens (tertiary/aromatic N) is 2. The van der Waals surface area contributed by atoms with Crippen LogP contribution >= 0.6 is 11.3 Å². The maximum absolute atomic E-state index is 12.4. The maximum atomic E-state index is 12.4. The van der Waals surface area contributed by atoms with E-state index in [2.05, 4.69) is 20.5 Å². The number of aromatic amines is 1. The summed E-state index contributed by atoms with van der Waals surface area (Å²) in [7, 11) is 0. The highest BCUT2D eigenvalue weighted by atomic mass is 32.1. The fraction of sp³-hybridized carbons (Fsp3) is 0.100. The number of benzene rings is 2. The largest absolute Gasteiger partial charge is 0.454 e. The Bertz CT molecular complexity index is 1200. The summed E-state index contributed by atoms with van der Waals surface area (Å²) in [6.45, 7) is 2.04. The van der Waals surface area contributed by atoms with Gasteiger partial charge in [0.1, 0.15) is 6.61 Å². The molecule has 0 aliphatic rings. The van der Waals surface area contributed by atoms with E-state index < -0.39 is 5.97 Å². The van der Waals surface area contributed by atoms with Crippen LogP contribution in [0.15, 0.2) is 58.7 Å². The van der Waals surface area contributed by atoms with Crippen molar-refractivity contribution in [3.63, 3.8) is 0 Å². The number of aromatic nitrogens is 3. The number of rotatable bonds is 5. The van der Waals surface area contributed by atoms with Crippen LogP contribution in [-0.2, 0) is 11.3 Å². The van der Waals surface area contributed by atoms with Gasteiger partial charge < -0.3 is 10.1 Å². The number of nitrogens with one attached hydrogen (secondary N) is 2. The SMILES string of the molecule is Cc1ccc(Nc2nc(COC(=O)c3n[nH]c(=O)c4ccccc34)cs2)cc1. The average Bonchev–Trinajstić information content (AvgIpc) is 3.16. The Morgan fingerprint density at radius 2 is 1.89 bits per heavy atom. The first-order valence-electron chi connectivity index (χ1n) is 8.53. The third-order valence-corrected chi connectivity index (χ3v) is 4.90. The summed E-state index contributed by atoms with van der Waals surface area (Å²) < 4.78 is 5.33. The first-order chi connectivity index (χ1) is 13.6. The van der Waals surface area contributed by atoms with Crippen molar-refractivity contribution < 1.29 is 9.53 Å². The lowest BCUT2D eigenvalue weighted by Gasteiger charge is -2.05. The molecule has 0 unspecified atom stereocenters. The molecule has 2 N–H and O–H groups in total. The van der Waals surface area contributed by atoms with E-state index in [4.69, 9.17) is 4.74 Å². The van der Waals surface area contributed by atoms with Crippen molar-refractivity contribution in [2.75, 3.05) is 5.32 Å². The minimum Gasteiger partial charge on any atom is -0.454 e. The second-order valence-electron chi connectivity index (χ2n) is 6.16. The van der Waals surface area contributed by atoms with Crippen LogP contribution in [0.4, 0.5) is 10.8 Å². The number of esters is 1. The average molecular weight is 392 g/mol. The summed E-state index contributed by atoms with van der Waals surface area (Å²) in [5.41, 5.74) is 2.47. The third-order valence-electron chi connectivity index (χ3n) is 4.10. The first-order valence-corrected chi connectivity index (χ1v) is 9.41. The number of carbonyl (C=O) groups is 1. The Kier molecular flexibility index (Phi) is 4.86. The number of carbonyl (C=O) groups excluding carboxylic acids is 1. The van der Waals surface area contributed by atoms with Crippen LogP contribution in [-0.4, -0.2) is 21.2 Å². The van der Waals surface area contributed by atoms with Crippen molar-refractivity contribution in [2.45, 2.75) is 13.5 Å². The molecule has 140 valence electrons. The van der Waals surface area contributed by atoms with Gasteiger partial charge in [0.25, 0.3) is 5.56 Å². The normalized spacial score (nSPS) is 10.8. The smallest absolute Gasteiger partial charge is 0.359 e. The highest BCUT2D eigenvalue weighted by Crippen LogP contribution is 2.22. The molecule has 2 aromatic heterocycles. The van der Waals surface area contributed by atoms with Crippen LogP contribution in [0.25, 0.3) is 10.8 Å². The van der Waals surface area contributed by atoms with Crippen molar-refractivity contribution >= 4 is 38.9 Å². The van der Waals surface area contributed by atoms with E-state index in [-0.39, 0.29) is 17.9 Å². The predicted molar refractivity (Wildman–Crippen MR) is 108 cm³/mol. The van der Waals surface area contributed by atoms with Crippen molar-refractivity contribution in [1.82, 2.24) is 15.2 Å². The molecule has 0 bridgehead atoms. The van der Waals surface area contributed by atoms with Crippen LogP contribution in [0.5, 0.6) is 0 Å². The van der Waals surface area contributed by atoms with E-state index in [1.807, 2.05) is 36.6 Å². The summed E-state index contributed by atoms with van der Waals surface area (Å²) in [5, 5.41) is 12.8. The molecule has 0 fully saturated rings. The minimum atomic E-state index is -0.617. The van der Waals surface area contributed by atoms with Crippen molar-refractivity contribution in [3.05, 3.63) is 81.2 Å². The molecule has 0 aliphatic heterocycles. The molecular weight excluding hydrogens is 376 g/mol. The number of ether oxygens (including phenoxy) is 1. The molecule has 0 saturated heterocycles. The van der Waals surface area contributed by atoms with Crippen molar-refractivity contribution in [2.24, 2.45) is 0 Å². The summed E-state index contributed by atoms with van der Waals surface area (Å²) in [6, 6.07) is 14.7. The molecule has 0 amide bonds. The summed E-state index contributed by atoms with van der Waals surface area (Å²) in [5.74, 6) is -0.617. The van der Waals surface area contributed by atoms with Crippen LogP contribution in [0.1, 0.15) is 21.7 Å². The fourth-order valence-electron chi connectivity index (χ4n) is 2.67. The van der Waals surface area contributed by atoms with Gasteiger partial charge >= 0.3 is 5.97 Å². The predicted octanol–water partition coefficient (Wildman–Crippen LogP) is 3.79. The maximum Gasteiger partial charge on any atom is 0.359 e. The van der Waals surface area contributed by atoms with Gasteiger partial charge in [-0.05, 0) is 25.1 Å². The molecule has 2 heterocycles. The van der Waals surface area contributed by atoms with Gasteiger partial charge in [-0.3, -0.25) is 4.79 Å². The molecule has 0 saturated carbocycles. The lowest BCUT2D eigenvalue weighted by atomic mass is 10.1. The number of fused-ring (bicyclic) bond motifs is 1. The minimum absolute atomic E-state index is 0.0139. The van der Waals surface area contributed by atoms with Crippen LogP contribution in [0, 0.1) is 6.92 Å². The van der Waals surface area contributed by atoms with Crippen molar-refractivity contribution in [1.29, 1.82) is 0 Å². The van der Waals surface area contributed by atoms with Gasteiger partial charge in [0.05, 0.1) is 11.1 Å². The van der Waals surface area contributed by atoms with Gasteiger partial charge in [0.15, 0.2) is 10.8 Å². The van der Waals surface area contributed by atoms with E-state index in [9.17, 15) is 9.59 Å². The molecular formula is C20H16N4O3S. The Morgan fingerprint density at radius 3 is 2.68 bits per heavy atom. The van der Waals surface area contributed by atoms with E-state index in [0.29, 0.717) is 21.6 Å². The molecule has 0 spiro atoms. The van der Waals surface area contributed by atoms with Gasteiger partial charge in [-0.25, -0.2) is 14.9 Å². The summed E-state index contributed by atoms with van der Waals surface area (Å²) in [4.78, 5) is 28.7. The lowest BCUT2D eigenvalue weighted by Crippen LogP contribution is -2.16. The topological polar surface area (TPSA) is 97.0 Å². The molecule has 4 rings (SSSR count). The number of H-pyrrole nitrogens is 1. The van der Waals surface area contributed by atoms with E-state index in [1.165, 1.54) is 16.9 Å². The van der Waals surface area contributed by atoms with Gasteiger partial charge in [-0.1, -0.05) is 35.9 Å². The molecule has 0 radical (unpaired) electrons. The van der Waals surface area contributed by atoms with Gasteiger partial charge in [-0.2, -0.15) is 5.10 Å². The molecule has 4 aromatic rings. The Hall–Kier alpha value is -3.52. The molecule has 0 atom stereocenters. The second kappa shape index (κ2) is 7.61. The zero-order valence-electron chi connectivity index (χ0n) is 14.9. The van der Waals surface area contributed by atoms with Crippen molar-refractivity contribution in [3.8, 4) is 0 Å². The highest BCUT2D eigenvalue weighted by molar-refractivity contribution is 7.13. The molecule has 2 aromatic carbocycles. The van der Waals surface area contributed by atoms with Gasteiger partial charge in [0, 0.05) is 16.5 Å². The Morgan fingerprint density at radius 1 is 1.14 bits per heavy atom. The van der Waals surface area contributed by atoms with Crippen LogP contribution < -0.4 is 10.9 Å². The summed E-state index contributed by atoms with van der Waals surface area (Å²) in [6.07, 6.45) is 0. The second-order valence-corrected chi connectivity index (χ2v) is 7.02. The van der Waals surface area contributed by atoms with Gasteiger partial charge in [-0.15, -0.1) is 11.3 Å². The number of aryl methyl sites for hydroxylation is 1. The molecule has 8 heteroatoms. The monoisotopic (exact) mass is 392 g/mol. The van der Waals surface area contributed by atoms with Crippen LogP contribution in [0.3, 0.4) is 0 Å². The Labute approximate surface area is 164 Å². The van der Waals surface area contributed by atoms with Gasteiger partial charge in [0.2, 0.25) is 0 Å². The van der Waals surface area contributed by atoms with E-state index in [0.717, 1.165) is 5.69 Å². The number of anilines is 2. The quantitative estimate of drug-likeness (QED) is 0.502. The number of hydrogen-bond donors (Lipinski definition) is 2. The lowest BCUT2D eigenvalue weighted by molar-refractivity contribution is 0.0462. The number of thiazole rings is 1. The standard InChI is InChI=1S/C20H16N4O3S/c1-12-6-8-13(9-7-12)21-20-22-14(11-28-20)10-27-19(26)17-15-4-2-3-5-16(15)18(25)24-23-17/h2-9,11H,10H2,1H3,(H,21,22)(H,24,25).